The predicted molar refractivity (Wildman–Crippen MR) is 66.1 cm³/mol. The second kappa shape index (κ2) is 4.38. The van der Waals surface area contributed by atoms with E-state index in [9.17, 15) is 15.0 Å². The van der Waals surface area contributed by atoms with Crippen LogP contribution in [0, 0.1) is 5.41 Å². The second-order valence-electron chi connectivity index (χ2n) is 6.70. The van der Waals surface area contributed by atoms with Crippen molar-refractivity contribution in [2.24, 2.45) is 5.41 Å². The van der Waals surface area contributed by atoms with Crippen LogP contribution in [0.1, 0.15) is 40.0 Å². The Balaban J connectivity index is 2.05. The van der Waals surface area contributed by atoms with Crippen molar-refractivity contribution >= 4 is 6.09 Å². The van der Waals surface area contributed by atoms with Gasteiger partial charge in [-0.2, -0.15) is 0 Å². The van der Waals surface area contributed by atoms with Crippen LogP contribution in [0.4, 0.5) is 4.79 Å². The van der Waals surface area contributed by atoms with E-state index in [1.807, 2.05) is 20.8 Å². The molecule has 5 nitrogen and oxygen atoms in total. The van der Waals surface area contributed by atoms with Crippen LogP contribution in [0.3, 0.4) is 0 Å². The molecule has 0 aromatic carbocycles. The van der Waals surface area contributed by atoms with E-state index in [0.717, 1.165) is 12.8 Å². The Morgan fingerprint density at radius 3 is 2.39 bits per heavy atom. The number of likely N-dealkylation sites (tertiary alicyclic amines) is 1. The fraction of sp³-hybridized carbons (Fsp3) is 0.923. The molecule has 2 atom stereocenters. The number of hydrogen-bond donors (Lipinski definition) is 2. The van der Waals surface area contributed by atoms with E-state index in [1.54, 1.807) is 4.90 Å². The van der Waals surface area contributed by atoms with Gasteiger partial charge >= 0.3 is 6.09 Å². The van der Waals surface area contributed by atoms with Gasteiger partial charge in [0.25, 0.3) is 0 Å². The molecule has 1 aliphatic carbocycles. The Kier molecular flexibility index (Phi) is 3.32. The molecular formula is C13H23NO4. The van der Waals surface area contributed by atoms with Crippen LogP contribution >= 0.6 is 0 Å². The third kappa shape index (κ3) is 3.14. The molecule has 1 amide bonds. The van der Waals surface area contributed by atoms with Crippen LogP contribution in [0.15, 0.2) is 0 Å². The highest BCUT2D eigenvalue weighted by molar-refractivity contribution is 5.68. The largest absolute Gasteiger partial charge is 0.444 e. The van der Waals surface area contributed by atoms with Crippen molar-refractivity contribution in [2.45, 2.75) is 57.8 Å². The lowest BCUT2D eigenvalue weighted by Crippen LogP contribution is -2.43. The van der Waals surface area contributed by atoms with Gasteiger partial charge in [-0.1, -0.05) is 0 Å². The molecule has 0 unspecified atom stereocenters. The van der Waals surface area contributed by atoms with Crippen molar-refractivity contribution in [3.05, 3.63) is 0 Å². The Bertz CT molecular complexity index is 332. The first-order valence-corrected chi connectivity index (χ1v) is 6.55. The van der Waals surface area contributed by atoms with Crippen LogP contribution in [-0.2, 0) is 4.74 Å². The summed E-state index contributed by atoms with van der Waals surface area (Å²) < 4.78 is 5.33. The first-order chi connectivity index (χ1) is 8.21. The lowest BCUT2D eigenvalue weighted by Gasteiger charge is -2.28. The lowest BCUT2D eigenvalue weighted by atomic mass is 9.98. The van der Waals surface area contributed by atoms with Gasteiger partial charge in [-0.15, -0.1) is 0 Å². The highest BCUT2D eigenvalue weighted by atomic mass is 16.6. The molecular weight excluding hydrogens is 234 g/mol. The molecule has 104 valence electrons. The maximum Gasteiger partial charge on any atom is 0.410 e. The molecule has 2 fully saturated rings. The minimum Gasteiger partial charge on any atom is -0.444 e. The average Bonchev–Trinajstić information content (AvgIpc) is 2.94. The number of β-amino-alcohol motifs (C(OH)–C–C–N with tert-alkyl or cyclic N) is 1. The van der Waals surface area contributed by atoms with E-state index in [4.69, 9.17) is 4.74 Å². The third-order valence-electron chi connectivity index (χ3n) is 3.63. The Morgan fingerprint density at radius 1 is 1.28 bits per heavy atom. The molecule has 0 bridgehead atoms. The highest BCUT2D eigenvalue weighted by Gasteiger charge is 2.49. The van der Waals surface area contributed by atoms with E-state index < -0.39 is 23.9 Å². The van der Waals surface area contributed by atoms with Crippen LogP contribution in [0.25, 0.3) is 0 Å². The minimum absolute atomic E-state index is 0.00774. The van der Waals surface area contributed by atoms with Gasteiger partial charge in [0.1, 0.15) is 5.60 Å². The molecule has 1 saturated heterocycles. The summed E-state index contributed by atoms with van der Waals surface area (Å²) in [4.78, 5) is 13.6. The summed E-state index contributed by atoms with van der Waals surface area (Å²) in [5, 5.41) is 19.7. The van der Waals surface area contributed by atoms with E-state index in [-0.39, 0.29) is 12.0 Å². The number of rotatable bonds is 0. The van der Waals surface area contributed by atoms with Gasteiger partial charge in [0.05, 0.1) is 18.8 Å². The van der Waals surface area contributed by atoms with Crippen LogP contribution in [0.2, 0.25) is 0 Å². The van der Waals surface area contributed by atoms with E-state index in [1.165, 1.54) is 0 Å². The normalized spacial score (nSPS) is 31.1. The quantitative estimate of drug-likeness (QED) is 0.682. The van der Waals surface area contributed by atoms with Gasteiger partial charge < -0.3 is 19.8 Å². The smallest absolute Gasteiger partial charge is 0.410 e. The van der Waals surface area contributed by atoms with Gasteiger partial charge in [0.2, 0.25) is 0 Å². The molecule has 0 radical (unpaired) electrons. The van der Waals surface area contributed by atoms with Crippen molar-refractivity contribution in [3.63, 3.8) is 0 Å². The number of ether oxygens (including phenoxy) is 1. The summed E-state index contributed by atoms with van der Waals surface area (Å²) in [6, 6.07) is 0. The zero-order chi connectivity index (χ0) is 13.6. The van der Waals surface area contributed by atoms with Crippen molar-refractivity contribution in [3.8, 4) is 0 Å². The Labute approximate surface area is 108 Å². The number of aliphatic hydroxyl groups excluding tert-OH is 2. The van der Waals surface area contributed by atoms with Crippen molar-refractivity contribution < 1.29 is 19.7 Å². The summed E-state index contributed by atoms with van der Waals surface area (Å²) in [7, 11) is 0. The summed E-state index contributed by atoms with van der Waals surface area (Å²) in [6.07, 6.45) is 0.582. The van der Waals surface area contributed by atoms with Gasteiger partial charge in [0.15, 0.2) is 0 Å². The molecule has 1 aliphatic heterocycles. The number of aliphatic hydroxyl groups is 2. The summed E-state index contributed by atoms with van der Waals surface area (Å²) in [6.45, 7) is 6.19. The molecule has 0 aromatic rings. The zero-order valence-corrected chi connectivity index (χ0v) is 11.3. The van der Waals surface area contributed by atoms with E-state index in [0.29, 0.717) is 13.0 Å². The number of nitrogens with zero attached hydrogens (tertiary/aromatic N) is 1. The van der Waals surface area contributed by atoms with Gasteiger partial charge in [-0.25, -0.2) is 4.79 Å². The molecule has 1 spiro atoms. The third-order valence-corrected chi connectivity index (χ3v) is 3.63. The van der Waals surface area contributed by atoms with Gasteiger partial charge in [-0.05, 0) is 45.4 Å². The van der Waals surface area contributed by atoms with Crippen LogP contribution in [0.5, 0.6) is 0 Å². The SMILES string of the molecule is CC(C)(C)OC(=O)N1C[C@@H](O)[C@@H](O)CC2(CC2)C1. The van der Waals surface area contributed by atoms with Gasteiger partial charge in [0, 0.05) is 6.54 Å². The molecule has 5 heteroatoms. The van der Waals surface area contributed by atoms with Crippen LogP contribution < -0.4 is 0 Å². The summed E-state index contributed by atoms with van der Waals surface area (Å²) in [5.41, 5.74) is -0.530. The Morgan fingerprint density at radius 2 is 1.89 bits per heavy atom. The average molecular weight is 257 g/mol. The summed E-state index contributed by atoms with van der Waals surface area (Å²) >= 11 is 0. The monoisotopic (exact) mass is 257 g/mol. The molecule has 18 heavy (non-hydrogen) atoms. The first-order valence-electron chi connectivity index (χ1n) is 6.55. The van der Waals surface area contributed by atoms with Crippen LogP contribution in [-0.4, -0.2) is 52.1 Å². The Hall–Kier alpha value is -0.810. The summed E-state index contributed by atoms with van der Waals surface area (Å²) in [5.74, 6) is 0. The standard InChI is InChI=1S/C13H23NO4/c1-12(2,3)18-11(17)14-7-10(16)9(15)6-13(8-14)4-5-13/h9-10,15-16H,4-8H2,1-3H3/t9-,10+/m0/s1. The van der Waals surface area contributed by atoms with E-state index in [2.05, 4.69) is 0 Å². The zero-order valence-electron chi connectivity index (χ0n) is 11.3. The van der Waals surface area contributed by atoms with Crippen molar-refractivity contribution in [1.82, 2.24) is 4.90 Å². The predicted octanol–water partition coefficient (Wildman–Crippen LogP) is 1.13. The topological polar surface area (TPSA) is 70.0 Å². The number of hydrogen-bond acceptors (Lipinski definition) is 4. The fourth-order valence-corrected chi connectivity index (χ4v) is 2.47. The lowest BCUT2D eigenvalue weighted by molar-refractivity contribution is -0.00625. The first kappa shape index (κ1) is 13.6. The minimum atomic E-state index is -0.877. The number of carbonyl (C=O) groups excluding carboxylic acids is 1. The fourth-order valence-electron chi connectivity index (χ4n) is 2.47. The molecule has 2 N–H and O–H groups in total. The second-order valence-corrected chi connectivity index (χ2v) is 6.70. The number of carbonyl (C=O) groups is 1. The molecule has 1 heterocycles. The maximum atomic E-state index is 12.0. The van der Waals surface area contributed by atoms with Gasteiger partial charge in [-0.3, -0.25) is 0 Å². The number of amides is 1. The van der Waals surface area contributed by atoms with Crippen molar-refractivity contribution in [1.29, 1.82) is 0 Å². The molecule has 2 rings (SSSR count). The van der Waals surface area contributed by atoms with E-state index >= 15 is 0 Å². The molecule has 2 aliphatic rings. The molecule has 0 aromatic heterocycles. The molecule has 1 saturated carbocycles. The maximum absolute atomic E-state index is 12.0. The van der Waals surface area contributed by atoms with Crippen molar-refractivity contribution in [2.75, 3.05) is 13.1 Å². The highest BCUT2D eigenvalue weighted by Crippen LogP contribution is 2.51.